The molecule has 0 amide bonds. The molecule has 0 aromatic carbocycles. The summed E-state index contributed by atoms with van der Waals surface area (Å²) in [6, 6.07) is 0.382. The highest BCUT2D eigenvalue weighted by molar-refractivity contribution is 7.98. The molecule has 16 heavy (non-hydrogen) atoms. The van der Waals surface area contributed by atoms with Gasteiger partial charge in [0.25, 0.3) is 0 Å². The molecule has 1 atom stereocenters. The molecule has 0 aliphatic carbocycles. The molecule has 1 heterocycles. The molecule has 1 aromatic rings. The van der Waals surface area contributed by atoms with Crippen molar-refractivity contribution in [2.75, 3.05) is 24.4 Å². The van der Waals surface area contributed by atoms with E-state index in [1.165, 1.54) is 18.4 Å². The Kier molecular flexibility index (Phi) is 5.62. The summed E-state index contributed by atoms with van der Waals surface area (Å²) in [7, 11) is 1.38. The van der Waals surface area contributed by atoms with Gasteiger partial charge < -0.3 is 10.1 Å². The molecule has 1 aromatic heterocycles. The van der Waals surface area contributed by atoms with E-state index in [0.717, 1.165) is 16.6 Å². The van der Waals surface area contributed by atoms with Gasteiger partial charge in [0.1, 0.15) is 0 Å². The number of aromatic nitrogens is 1. The lowest BCUT2D eigenvalue weighted by Gasteiger charge is -2.10. The van der Waals surface area contributed by atoms with E-state index >= 15 is 0 Å². The summed E-state index contributed by atoms with van der Waals surface area (Å²) >= 11 is 3.31. The van der Waals surface area contributed by atoms with Crippen LogP contribution in [-0.2, 0) is 16.0 Å². The van der Waals surface area contributed by atoms with Crippen molar-refractivity contribution < 1.29 is 9.53 Å². The lowest BCUT2D eigenvalue weighted by atomic mass is 10.3. The molecule has 90 valence electrons. The van der Waals surface area contributed by atoms with Gasteiger partial charge in [-0.3, -0.25) is 4.79 Å². The smallest absolute Gasteiger partial charge is 0.311 e. The zero-order valence-electron chi connectivity index (χ0n) is 9.65. The van der Waals surface area contributed by atoms with Gasteiger partial charge in [-0.1, -0.05) is 0 Å². The molecule has 0 aliphatic heterocycles. The van der Waals surface area contributed by atoms with Crippen LogP contribution < -0.4 is 5.32 Å². The first-order chi connectivity index (χ1) is 7.65. The van der Waals surface area contributed by atoms with Crippen LogP contribution in [-0.4, -0.2) is 36.1 Å². The molecular weight excluding hydrogens is 244 g/mol. The van der Waals surface area contributed by atoms with E-state index in [-0.39, 0.29) is 12.4 Å². The number of thioether (sulfide) groups is 1. The van der Waals surface area contributed by atoms with Crippen LogP contribution in [0.3, 0.4) is 0 Å². The molecule has 1 unspecified atom stereocenters. The van der Waals surface area contributed by atoms with E-state index < -0.39 is 0 Å². The molecule has 0 aliphatic rings. The number of hydrogen-bond acceptors (Lipinski definition) is 6. The van der Waals surface area contributed by atoms with Gasteiger partial charge in [-0.05, 0) is 13.2 Å². The van der Waals surface area contributed by atoms with Crippen molar-refractivity contribution in [1.82, 2.24) is 4.98 Å². The number of nitrogens with one attached hydrogen (secondary N) is 1. The van der Waals surface area contributed by atoms with Crippen LogP contribution in [0, 0.1) is 0 Å². The number of anilines is 1. The van der Waals surface area contributed by atoms with Crippen LogP contribution >= 0.6 is 23.1 Å². The largest absolute Gasteiger partial charge is 0.469 e. The lowest BCUT2D eigenvalue weighted by molar-refractivity contribution is -0.139. The van der Waals surface area contributed by atoms with Gasteiger partial charge in [-0.2, -0.15) is 11.8 Å². The lowest BCUT2D eigenvalue weighted by Crippen LogP contribution is -2.17. The minimum Gasteiger partial charge on any atom is -0.469 e. The summed E-state index contributed by atoms with van der Waals surface area (Å²) in [6.45, 7) is 2.11. The zero-order valence-corrected chi connectivity index (χ0v) is 11.3. The fraction of sp³-hybridized carbons (Fsp3) is 0.600. The molecule has 0 saturated carbocycles. The average molecular weight is 260 g/mol. The summed E-state index contributed by atoms with van der Waals surface area (Å²) in [4.78, 5) is 15.4. The third-order valence-corrected chi connectivity index (χ3v) is 3.55. The van der Waals surface area contributed by atoms with Gasteiger partial charge >= 0.3 is 5.97 Å². The number of esters is 1. The number of carbonyl (C=O) groups is 1. The van der Waals surface area contributed by atoms with Crippen molar-refractivity contribution in [3.8, 4) is 0 Å². The standard InChI is InChI=1S/C10H16N2O2S2/c1-7(5-15-3)11-10-12-8(6-16-10)4-9(13)14-2/h6-7H,4-5H2,1-3H3,(H,11,12). The highest BCUT2D eigenvalue weighted by atomic mass is 32.2. The number of thiazole rings is 1. The van der Waals surface area contributed by atoms with E-state index in [2.05, 4.69) is 28.2 Å². The second-order valence-corrected chi connectivity index (χ2v) is 5.17. The van der Waals surface area contributed by atoms with Gasteiger partial charge in [-0.15, -0.1) is 11.3 Å². The molecule has 0 spiro atoms. The molecule has 4 nitrogen and oxygen atoms in total. The van der Waals surface area contributed by atoms with Crippen molar-refractivity contribution in [2.24, 2.45) is 0 Å². The summed E-state index contributed by atoms with van der Waals surface area (Å²) < 4.78 is 4.59. The Morgan fingerprint density at radius 2 is 2.50 bits per heavy atom. The number of rotatable bonds is 6. The van der Waals surface area contributed by atoms with E-state index in [0.29, 0.717) is 6.04 Å². The fourth-order valence-electron chi connectivity index (χ4n) is 1.18. The normalized spacial score (nSPS) is 12.2. The Balaban J connectivity index is 2.48. The maximum atomic E-state index is 11.0. The van der Waals surface area contributed by atoms with Crippen molar-refractivity contribution in [3.63, 3.8) is 0 Å². The number of ether oxygens (including phenoxy) is 1. The number of hydrogen-bond donors (Lipinski definition) is 1. The second kappa shape index (κ2) is 6.75. The van der Waals surface area contributed by atoms with Gasteiger partial charge in [-0.25, -0.2) is 4.98 Å². The Labute approximate surface area is 104 Å². The van der Waals surface area contributed by atoms with Crippen molar-refractivity contribution in [3.05, 3.63) is 11.1 Å². The van der Waals surface area contributed by atoms with Gasteiger partial charge in [0, 0.05) is 17.2 Å². The topological polar surface area (TPSA) is 51.2 Å². The van der Waals surface area contributed by atoms with Crippen LogP contribution in [0.15, 0.2) is 5.38 Å². The number of methoxy groups -OCH3 is 1. The second-order valence-electron chi connectivity index (χ2n) is 3.40. The summed E-state index contributed by atoms with van der Waals surface area (Å²) in [6.07, 6.45) is 2.31. The van der Waals surface area contributed by atoms with Crippen molar-refractivity contribution in [1.29, 1.82) is 0 Å². The van der Waals surface area contributed by atoms with Gasteiger partial charge in [0.15, 0.2) is 5.13 Å². The van der Waals surface area contributed by atoms with Crippen LogP contribution in [0.25, 0.3) is 0 Å². The van der Waals surface area contributed by atoms with E-state index in [1.54, 1.807) is 11.8 Å². The SMILES string of the molecule is COC(=O)Cc1csc(NC(C)CSC)n1. The molecule has 6 heteroatoms. The Hall–Kier alpha value is -0.750. The predicted molar refractivity (Wildman–Crippen MR) is 69.3 cm³/mol. The summed E-state index contributed by atoms with van der Waals surface area (Å²) in [5.41, 5.74) is 0.760. The number of nitrogens with zero attached hydrogens (tertiary/aromatic N) is 1. The third kappa shape index (κ3) is 4.40. The molecule has 1 N–H and O–H groups in total. The first-order valence-corrected chi connectivity index (χ1v) is 7.19. The maximum Gasteiger partial charge on any atom is 0.311 e. The number of carbonyl (C=O) groups excluding carboxylic acids is 1. The Morgan fingerprint density at radius 3 is 3.12 bits per heavy atom. The fourth-order valence-corrected chi connectivity index (χ4v) is 2.58. The minimum atomic E-state index is -0.256. The molecule has 1 rings (SSSR count). The molecular formula is C10H16N2O2S2. The molecule has 0 saturated heterocycles. The van der Waals surface area contributed by atoms with Crippen LogP contribution in [0.2, 0.25) is 0 Å². The monoisotopic (exact) mass is 260 g/mol. The van der Waals surface area contributed by atoms with Crippen LogP contribution in [0.5, 0.6) is 0 Å². The molecule has 0 fully saturated rings. The average Bonchev–Trinajstić information content (AvgIpc) is 2.65. The van der Waals surface area contributed by atoms with Gasteiger partial charge in [0.05, 0.1) is 19.2 Å². The summed E-state index contributed by atoms with van der Waals surface area (Å²) in [5.74, 6) is 0.778. The van der Waals surface area contributed by atoms with Crippen LogP contribution in [0.1, 0.15) is 12.6 Å². The molecule has 0 radical (unpaired) electrons. The summed E-state index contributed by atoms with van der Waals surface area (Å²) in [5, 5.41) is 6.03. The highest BCUT2D eigenvalue weighted by Crippen LogP contribution is 2.17. The molecule has 0 bridgehead atoms. The van der Waals surface area contributed by atoms with Crippen molar-refractivity contribution >= 4 is 34.2 Å². The minimum absolute atomic E-state index is 0.242. The van der Waals surface area contributed by atoms with E-state index in [1.807, 2.05) is 5.38 Å². The van der Waals surface area contributed by atoms with E-state index in [9.17, 15) is 4.79 Å². The predicted octanol–water partition coefficient (Wildman–Crippen LogP) is 2.02. The Morgan fingerprint density at radius 1 is 1.75 bits per heavy atom. The Bertz CT molecular complexity index is 341. The first-order valence-electron chi connectivity index (χ1n) is 4.92. The first kappa shape index (κ1) is 13.3. The van der Waals surface area contributed by atoms with Crippen LogP contribution in [0.4, 0.5) is 5.13 Å². The van der Waals surface area contributed by atoms with E-state index in [4.69, 9.17) is 0 Å². The van der Waals surface area contributed by atoms with Crippen molar-refractivity contribution in [2.45, 2.75) is 19.4 Å². The highest BCUT2D eigenvalue weighted by Gasteiger charge is 2.09. The maximum absolute atomic E-state index is 11.0. The van der Waals surface area contributed by atoms with Gasteiger partial charge in [0.2, 0.25) is 0 Å². The third-order valence-electron chi connectivity index (χ3n) is 1.89. The zero-order chi connectivity index (χ0) is 12.0. The quantitative estimate of drug-likeness (QED) is 0.793.